The fourth-order valence-electron chi connectivity index (χ4n) is 4.88. The predicted octanol–water partition coefficient (Wildman–Crippen LogP) is 4.30. The summed E-state index contributed by atoms with van der Waals surface area (Å²) in [6.07, 6.45) is 2.86. The lowest BCUT2D eigenvalue weighted by atomic mass is 9.96. The molecule has 3 aromatic rings. The van der Waals surface area contributed by atoms with Gasteiger partial charge in [0.05, 0.1) is 19.3 Å². The van der Waals surface area contributed by atoms with Crippen LogP contribution in [0.1, 0.15) is 48.3 Å². The van der Waals surface area contributed by atoms with Crippen molar-refractivity contribution in [2.75, 3.05) is 39.5 Å². The number of para-hydroxylation sites is 1. The SMILES string of the molecule is CCCN1CCO[C@@H]2c3cc(OCCCCNC(=O)c4cc5ccccc5[nH]4)ccc3OC[C@H]21. The van der Waals surface area contributed by atoms with Crippen LogP contribution < -0.4 is 14.8 Å². The molecule has 2 aliphatic rings. The van der Waals surface area contributed by atoms with Gasteiger partial charge in [-0.05, 0) is 56.1 Å². The fourth-order valence-corrected chi connectivity index (χ4v) is 4.88. The highest BCUT2D eigenvalue weighted by molar-refractivity contribution is 5.97. The molecule has 3 heterocycles. The van der Waals surface area contributed by atoms with Crippen molar-refractivity contribution in [1.29, 1.82) is 0 Å². The number of rotatable bonds is 9. The molecule has 2 atom stereocenters. The topological polar surface area (TPSA) is 75.8 Å². The van der Waals surface area contributed by atoms with Gasteiger partial charge >= 0.3 is 0 Å². The Morgan fingerprint density at radius 3 is 3.00 bits per heavy atom. The van der Waals surface area contributed by atoms with E-state index in [1.807, 2.05) is 42.5 Å². The van der Waals surface area contributed by atoms with Crippen LogP contribution in [0.2, 0.25) is 0 Å². The van der Waals surface area contributed by atoms with E-state index >= 15 is 0 Å². The molecule has 7 heteroatoms. The Bertz CT molecular complexity index is 1090. The van der Waals surface area contributed by atoms with Crippen molar-refractivity contribution in [3.05, 3.63) is 59.8 Å². The number of hydrogen-bond acceptors (Lipinski definition) is 5. The molecule has 7 nitrogen and oxygen atoms in total. The Balaban J connectivity index is 1.08. The number of carbonyl (C=O) groups excluding carboxylic acids is 1. The van der Waals surface area contributed by atoms with E-state index in [-0.39, 0.29) is 18.1 Å². The van der Waals surface area contributed by atoms with Crippen LogP contribution in [0.3, 0.4) is 0 Å². The maximum atomic E-state index is 12.4. The minimum atomic E-state index is -0.0778. The molecule has 1 fully saturated rings. The molecule has 0 aliphatic carbocycles. The first-order chi connectivity index (χ1) is 16.7. The fraction of sp³-hybridized carbons (Fsp3) is 0.444. The van der Waals surface area contributed by atoms with Crippen LogP contribution >= 0.6 is 0 Å². The normalized spacial score (nSPS) is 19.8. The monoisotopic (exact) mass is 463 g/mol. The minimum Gasteiger partial charge on any atom is -0.494 e. The number of ether oxygens (including phenoxy) is 3. The lowest BCUT2D eigenvalue weighted by Gasteiger charge is -2.44. The Kier molecular flexibility index (Phi) is 7.02. The van der Waals surface area contributed by atoms with Crippen LogP contribution in [-0.2, 0) is 4.74 Å². The van der Waals surface area contributed by atoms with Gasteiger partial charge in [-0.3, -0.25) is 9.69 Å². The van der Waals surface area contributed by atoms with E-state index in [0.29, 0.717) is 25.5 Å². The number of nitrogens with one attached hydrogen (secondary N) is 2. The van der Waals surface area contributed by atoms with Crippen LogP contribution in [0.15, 0.2) is 48.5 Å². The summed E-state index contributed by atoms with van der Waals surface area (Å²) in [5.74, 6) is 1.65. The summed E-state index contributed by atoms with van der Waals surface area (Å²) in [7, 11) is 0. The third kappa shape index (κ3) is 4.91. The van der Waals surface area contributed by atoms with Crippen LogP contribution in [0.25, 0.3) is 10.9 Å². The number of amides is 1. The Hall–Kier alpha value is -3.03. The molecule has 1 aromatic heterocycles. The predicted molar refractivity (Wildman–Crippen MR) is 132 cm³/mol. The number of unbranched alkanes of at least 4 members (excludes halogenated alkanes) is 1. The molecule has 1 saturated heterocycles. The van der Waals surface area contributed by atoms with Gasteiger partial charge in [0, 0.05) is 29.6 Å². The molecule has 0 bridgehead atoms. The molecule has 5 rings (SSSR count). The third-order valence-corrected chi connectivity index (χ3v) is 6.60. The van der Waals surface area contributed by atoms with Crippen molar-refractivity contribution < 1.29 is 19.0 Å². The summed E-state index contributed by atoms with van der Waals surface area (Å²) in [6, 6.07) is 16.1. The van der Waals surface area contributed by atoms with E-state index < -0.39 is 0 Å². The minimum absolute atomic E-state index is 0.0347. The number of carbonyl (C=O) groups is 1. The third-order valence-electron chi connectivity index (χ3n) is 6.60. The van der Waals surface area contributed by atoms with Gasteiger partial charge < -0.3 is 24.5 Å². The Labute approximate surface area is 200 Å². The highest BCUT2D eigenvalue weighted by atomic mass is 16.5. The Morgan fingerprint density at radius 1 is 1.21 bits per heavy atom. The number of hydrogen-bond donors (Lipinski definition) is 2. The van der Waals surface area contributed by atoms with Crippen molar-refractivity contribution in [2.24, 2.45) is 0 Å². The van der Waals surface area contributed by atoms with Gasteiger partial charge in [0.25, 0.3) is 5.91 Å². The zero-order valence-corrected chi connectivity index (χ0v) is 19.7. The first kappa shape index (κ1) is 22.7. The summed E-state index contributed by atoms with van der Waals surface area (Å²) < 4.78 is 18.2. The maximum absolute atomic E-state index is 12.4. The van der Waals surface area contributed by atoms with Gasteiger partial charge in [-0.1, -0.05) is 25.1 Å². The molecule has 0 unspecified atom stereocenters. The molecule has 2 N–H and O–H groups in total. The van der Waals surface area contributed by atoms with E-state index in [2.05, 4.69) is 28.2 Å². The second-order valence-electron chi connectivity index (χ2n) is 8.99. The lowest BCUT2D eigenvalue weighted by molar-refractivity contribution is -0.0957. The van der Waals surface area contributed by atoms with Gasteiger partial charge in [-0.2, -0.15) is 0 Å². The van der Waals surface area contributed by atoms with Gasteiger partial charge in [0.2, 0.25) is 0 Å². The molecule has 2 aliphatic heterocycles. The maximum Gasteiger partial charge on any atom is 0.267 e. The number of benzene rings is 2. The molecular formula is C27H33N3O4. The van der Waals surface area contributed by atoms with Gasteiger partial charge in [0.15, 0.2) is 0 Å². The van der Waals surface area contributed by atoms with Crippen molar-refractivity contribution in [1.82, 2.24) is 15.2 Å². The second kappa shape index (κ2) is 10.5. The van der Waals surface area contributed by atoms with Crippen LogP contribution in [0.4, 0.5) is 0 Å². The van der Waals surface area contributed by atoms with E-state index in [0.717, 1.165) is 66.9 Å². The average Bonchev–Trinajstić information content (AvgIpc) is 3.31. The molecule has 34 heavy (non-hydrogen) atoms. The van der Waals surface area contributed by atoms with Crippen molar-refractivity contribution in [2.45, 2.75) is 38.3 Å². The van der Waals surface area contributed by atoms with E-state index in [1.165, 1.54) is 0 Å². The van der Waals surface area contributed by atoms with Crippen molar-refractivity contribution in [3.63, 3.8) is 0 Å². The van der Waals surface area contributed by atoms with Gasteiger partial charge in [-0.15, -0.1) is 0 Å². The second-order valence-corrected chi connectivity index (χ2v) is 8.99. The molecule has 0 saturated carbocycles. The zero-order chi connectivity index (χ0) is 23.3. The molecular weight excluding hydrogens is 430 g/mol. The summed E-state index contributed by atoms with van der Waals surface area (Å²) in [6.45, 7) is 6.86. The standard InChI is InChI=1S/C27H33N3O4/c1-2-12-30-13-15-33-26-21-17-20(9-10-25(21)34-18-24(26)30)32-14-6-5-11-28-27(31)23-16-19-7-3-4-8-22(19)29-23/h3-4,7-10,16-17,24,26,29H,2,5-6,11-15,18H2,1H3,(H,28,31)/t24-,26-/m1/s1. The van der Waals surface area contributed by atoms with E-state index in [9.17, 15) is 4.79 Å². The molecule has 0 radical (unpaired) electrons. The summed E-state index contributed by atoms with van der Waals surface area (Å²) in [5, 5.41) is 4.02. The molecule has 180 valence electrons. The van der Waals surface area contributed by atoms with Gasteiger partial charge in [0.1, 0.15) is 29.9 Å². The summed E-state index contributed by atoms with van der Waals surface area (Å²) in [4.78, 5) is 18.0. The number of aromatic nitrogens is 1. The largest absolute Gasteiger partial charge is 0.494 e. The smallest absolute Gasteiger partial charge is 0.267 e. The van der Waals surface area contributed by atoms with Gasteiger partial charge in [-0.25, -0.2) is 0 Å². The number of H-pyrrole nitrogens is 1. The molecule has 1 amide bonds. The van der Waals surface area contributed by atoms with Crippen LogP contribution in [-0.4, -0.2) is 61.3 Å². The van der Waals surface area contributed by atoms with Crippen LogP contribution in [0, 0.1) is 0 Å². The Morgan fingerprint density at radius 2 is 2.12 bits per heavy atom. The van der Waals surface area contributed by atoms with E-state index in [4.69, 9.17) is 14.2 Å². The number of aromatic amines is 1. The van der Waals surface area contributed by atoms with Crippen LogP contribution in [0.5, 0.6) is 11.5 Å². The highest BCUT2D eigenvalue weighted by Gasteiger charge is 2.38. The van der Waals surface area contributed by atoms with E-state index in [1.54, 1.807) is 0 Å². The molecule has 0 spiro atoms. The summed E-state index contributed by atoms with van der Waals surface area (Å²) in [5.41, 5.74) is 2.65. The van der Waals surface area contributed by atoms with Crippen molar-refractivity contribution >= 4 is 16.8 Å². The lowest BCUT2D eigenvalue weighted by Crippen LogP contribution is -2.52. The average molecular weight is 464 g/mol. The first-order valence-electron chi connectivity index (χ1n) is 12.3. The zero-order valence-electron chi connectivity index (χ0n) is 19.7. The number of nitrogens with zero attached hydrogens (tertiary/aromatic N) is 1. The number of fused-ring (bicyclic) bond motifs is 4. The quantitative estimate of drug-likeness (QED) is 0.463. The van der Waals surface area contributed by atoms with Crippen molar-refractivity contribution in [3.8, 4) is 11.5 Å². The highest BCUT2D eigenvalue weighted by Crippen LogP contribution is 2.40. The molecule has 2 aromatic carbocycles. The number of morpholine rings is 1. The summed E-state index contributed by atoms with van der Waals surface area (Å²) >= 11 is 0. The first-order valence-corrected chi connectivity index (χ1v) is 12.3.